The second-order valence-electron chi connectivity index (χ2n) is 5.47. The molecule has 1 heterocycles. The fourth-order valence-corrected chi connectivity index (χ4v) is 3.11. The van der Waals surface area contributed by atoms with Crippen molar-refractivity contribution >= 4 is 27.6 Å². The topological polar surface area (TPSA) is 111 Å². The summed E-state index contributed by atoms with van der Waals surface area (Å²) in [6.07, 6.45) is -0.134. The third-order valence-electron chi connectivity index (χ3n) is 3.08. The van der Waals surface area contributed by atoms with E-state index in [9.17, 15) is 13.2 Å². The number of hydrogen-bond acceptors (Lipinski definition) is 7. The molecule has 0 spiro atoms. The molecular weight excluding hydrogens is 370 g/mol. The van der Waals surface area contributed by atoms with Crippen LogP contribution in [-0.2, 0) is 26.2 Å². The van der Waals surface area contributed by atoms with Gasteiger partial charge in [0.25, 0.3) is 5.89 Å². The number of hydrogen-bond donors (Lipinski definition) is 1. The van der Waals surface area contributed by atoms with Crippen LogP contribution in [0, 0.1) is 0 Å². The van der Waals surface area contributed by atoms with E-state index < -0.39 is 16.0 Å². The van der Waals surface area contributed by atoms with Crippen LogP contribution in [0.15, 0.2) is 33.7 Å². The summed E-state index contributed by atoms with van der Waals surface area (Å²) >= 11 is 5.77. The average Bonchev–Trinajstić information content (AvgIpc) is 3.02. The normalized spacial score (nSPS) is 11.7. The summed E-state index contributed by atoms with van der Waals surface area (Å²) in [6.45, 7) is 3.56. The van der Waals surface area contributed by atoms with Crippen LogP contribution >= 0.6 is 11.6 Å². The molecule has 0 aliphatic carbocycles. The molecule has 0 amide bonds. The Morgan fingerprint density at radius 3 is 2.80 bits per heavy atom. The largest absolute Gasteiger partial charge is 0.456 e. The number of carbonyl (C=O) groups excluding carboxylic acids is 1. The monoisotopic (exact) mass is 387 g/mol. The van der Waals surface area contributed by atoms with Crippen molar-refractivity contribution in [2.24, 2.45) is 0 Å². The summed E-state index contributed by atoms with van der Waals surface area (Å²) < 4.78 is 36.3. The van der Waals surface area contributed by atoms with E-state index >= 15 is 0 Å². The van der Waals surface area contributed by atoms with E-state index in [2.05, 4.69) is 14.9 Å². The van der Waals surface area contributed by atoms with Crippen LogP contribution < -0.4 is 4.72 Å². The van der Waals surface area contributed by atoms with Gasteiger partial charge in [0.1, 0.15) is 0 Å². The molecule has 8 nitrogen and oxygen atoms in total. The Morgan fingerprint density at radius 1 is 1.40 bits per heavy atom. The minimum Gasteiger partial charge on any atom is -0.456 e. The van der Waals surface area contributed by atoms with Gasteiger partial charge in [0.05, 0.1) is 11.3 Å². The van der Waals surface area contributed by atoms with E-state index in [0.717, 1.165) is 0 Å². The quantitative estimate of drug-likeness (QED) is 0.691. The zero-order chi connectivity index (χ0) is 18.4. The van der Waals surface area contributed by atoms with Crippen molar-refractivity contribution in [1.82, 2.24) is 14.9 Å². The lowest BCUT2D eigenvalue weighted by molar-refractivity contribution is -0.145. The molecule has 0 bridgehead atoms. The van der Waals surface area contributed by atoms with Crippen molar-refractivity contribution in [2.75, 3.05) is 6.54 Å². The second kappa shape index (κ2) is 8.41. The molecule has 2 aromatic rings. The highest BCUT2D eigenvalue weighted by Gasteiger charge is 2.16. The highest BCUT2D eigenvalue weighted by atomic mass is 35.5. The molecule has 0 aliphatic rings. The van der Waals surface area contributed by atoms with Gasteiger partial charge in [-0.1, -0.05) is 36.7 Å². The Morgan fingerprint density at radius 2 is 2.16 bits per heavy atom. The average molecular weight is 388 g/mol. The van der Waals surface area contributed by atoms with Crippen molar-refractivity contribution in [3.8, 4) is 0 Å². The van der Waals surface area contributed by atoms with Crippen LogP contribution in [0.25, 0.3) is 0 Å². The standard InChI is InChI=1S/C15H18ClN3O5S/c1-10(2)15-18-13(24-19-15)9-23-14(20)6-7-17-25(21,22)12-5-3-4-11(16)8-12/h3-5,8,10,17H,6-7,9H2,1-2H3. The van der Waals surface area contributed by atoms with Gasteiger partial charge in [0, 0.05) is 17.5 Å². The first-order valence-corrected chi connectivity index (χ1v) is 9.37. The van der Waals surface area contributed by atoms with Crippen LogP contribution in [0.1, 0.15) is 37.9 Å². The smallest absolute Gasteiger partial charge is 0.307 e. The summed E-state index contributed by atoms with van der Waals surface area (Å²) in [4.78, 5) is 15.8. The van der Waals surface area contributed by atoms with Crippen LogP contribution in [0.5, 0.6) is 0 Å². The molecule has 136 valence electrons. The number of ether oxygens (including phenoxy) is 1. The summed E-state index contributed by atoms with van der Waals surface area (Å²) in [7, 11) is -3.73. The minimum atomic E-state index is -3.73. The summed E-state index contributed by atoms with van der Waals surface area (Å²) in [6, 6.07) is 5.83. The van der Waals surface area contributed by atoms with E-state index in [1.54, 1.807) is 6.07 Å². The molecule has 0 fully saturated rings. The van der Waals surface area contributed by atoms with Crippen molar-refractivity contribution in [3.63, 3.8) is 0 Å². The molecule has 1 N–H and O–H groups in total. The third kappa shape index (κ3) is 5.80. The van der Waals surface area contributed by atoms with E-state index in [0.29, 0.717) is 10.8 Å². The maximum Gasteiger partial charge on any atom is 0.307 e. The van der Waals surface area contributed by atoms with Crippen molar-refractivity contribution in [2.45, 2.75) is 37.7 Å². The lowest BCUT2D eigenvalue weighted by atomic mass is 10.2. The number of aromatic nitrogens is 2. The zero-order valence-corrected chi connectivity index (χ0v) is 15.3. The van der Waals surface area contributed by atoms with Gasteiger partial charge in [-0.2, -0.15) is 4.98 Å². The van der Waals surface area contributed by atoms with E-state index in [-0.39, 0.29) is 36.3 Å². The van der Waals surface area contributed by atoms with Crippen LogP contribution in [-0.4, -0.2) is 31.1 Å². The summed E-state index contributed by atoms with van der Waals surface area (Å²) in [5, 5.41) is 4.06. The van der Waals surface area contributed by atoms with Gasteiger partial charge < -0.3 is 9.26 Å². The van der Waals surface area contributed by atoms with E-state index in [1.807, 2.05) is 13.8 Å². The van der Waals surface area contributed by atoms with Crippen molar-refractivity contribution in [3.05, 3.63) is 41.0 Å². The second-order valence-corrected chi connectivity index (χ2v) is 7.67. The van der Waals surface area contributed by atoms with Gasteiger partial charge in [-0.15, -0.1) is 0 Å². The number of carbonyl (C=O) groups is 1. The molecule has 0 aliphatic heterocycles. The molecule has 1 aromatic carbocycles. The maximum atomic E-state index is 12.1. The van der Waals surface area contributed by atoms with Crippen LogP contribution in [0.2, 0.25) is 5.02 Å². The first-order valence-electron chi connectivity index (χ1n) is 7.51. The molecule has 0 atom stereocenters. The molecule has 10 heteroatoms. The summed E-state index contributed by atoms with van der Waals surface area (Å²) in [5.74, 6) is 0.240. The molecular formula is C15H18ClN3O5S. The maximum absolute atomic E-state index is 12.1. The third-order valence-corrected chi connectivity index (χ3v) is 4.78. The van der Waals surface area contributed by atoms with Gasteiger partial charge in [0.15, 0.2) is 12.4 Å². The molecule has 0 radical (unpaired) electrons. The van der Waals surface area contributed by atoms with Gasteiger partial charge >= 0.3 is 5.97 Å². The Labute approximate surface area is 150 Å². The number of benzene rings is 1. The predicted molar refractivity (Wildman–Crippen MR) is 89.4 cm³/mol. The van der Waals surface area contributed by atoms with Gasteiger partial charge in [-0.3, -0.25) is 4.79 Å². The fraction of sp³-hybridized carbons (Fsp3) is 0.400. The number of nitrogens with zero attached hydrogens (tertiary/aromatic N) is 2. The highest BCUT2D eigenvalue weighted by Crippen LogP contribution is 2.15. The summed E-state index contributed by atoms with van der Waals surface area (Å²) in [5.41, 5.74) is 0. The molecule has 0 unspecified atom stereocenters. The number of sulfonamides is 1. The molecule has 25 heavy (non-hydrogen) atoms. The number of halogens is 1. The van der Waals surface area contributed by atoms with Gasteiger partial charge in [-0.05, 0) is 18.2 Å². The minimum absolute atomic E-state index is 0.0282. The Hall–Kier alpha value is -1.97. The zero-order valence-electron chi connectivity index (χ0n) is 13.7. The Balaban J connectivity index is 1.78. The van der Waals surface area contributed by atoms with E-state index in [4.69, 9.17) is 20.9 Å². The predicted octanol–water partition coefficient (Wildman–Crippen LogP) is 2.26. The van der Waals surface area contributed by atoms with Gasteiger partial charge in [0.2, 0.25) is 10.0 Å². The number of esters is 1. The van der Waals surface area contributed by atoms with E-state index in [1.165, 1.54) is 18.2 Å². The fourth-order valence-electron chi connectivity index (χ4n) is 1.78. The highest BCUT2D eigenvalue weighted by molar-refractivity contribution is 7.89. The van der Waals surface area contributed by atoms with Crippen molar-refractivity contribution in [1.29, 1.82) is 0 Å². The Kier molecular flexibility index (Phi) is 6.51. The SMILES string of the molecule is CC(C)c1noc(COC(=O)CCNS(=O)(=O)c2cccc(Cl)c2)n1. The molecule has 0 saturated carbocycles. The first kappa shape index (κ1) is 19.4. The Bertz CT molecular complexity index is 835. The van der Waals surface area contributed by atoms with Crippen LogP contribution in [0.3, 0.4) is 0 Å². The lowest BCUT2D eigenvalue weighted by Crippen LogP contribution is -2.26. The molecule has 0 saturated heterocycles. The lowest BCUT2D eigenvalue weighted by Gasteiger charge is -2.07. The number of nitrogens with one attached hydrogen (secondary N) is 1. The van der Waals surface area contributed by atoms with Crippen molar-refractivity contribution < 1.29 is 22.5 Å². The molecule has 2 rings (SSSR count). The van der Waals surface area contributed by atoms with Gasteiger partial charge in [-0.25, -0.2) is 13.1 Å². The van der Waals surface area contributed by atoms with Crippen LogP contribution in [0.4, 0.5) is 0 Å². The first-order chi connectivity index (χ1) is 11.8. The molecule has 1 aromatic heterocycles. The number of rotatable bonds is 8.